The average Bonchev–Trinajstić information content (AvgIpc) is 3.22. The molecule has 0 amide bonds. The fourth-order valence-corrected chi connectivity index (χ4v) is 3.30. The SMILES string of the molecule is C(=C\c1ccccc1)/CN1CCN(Cc2nnc(COc3ccccc3)o2)CC1. The quantitative estimate of drug-likeness (QED) is 0.587. The van der Waals surface area contributed by atoms with Crippen molar-refractivity contribution in [1.82, 2.24) is 20.0 Å². The number of benzene rings is 2. The maximum absolute atomic E-state index is 5.74. The molecule has 2 aromatic carbocycles. The van der Waals surface area contributed by atoms with Crippen molar-refractivity contribution in [3.63, 3.8) is 0 Å². The number of ether oxygens (including phenoxy) is 1. The fraction of sp³-hybridized carbons (Fsp3) is 0.304. The van der Waals surface area contributed by atoms with Crippen molar-refractivity contribution in [2.45, 2.75) is 13.2 Å². The van der Waals surface area contributed by atoms with E-state index in [-0.39, 0.29) is 0 Å². The Morgan fingerprint density at radius 2 is 1.48 bits per heavy atom. The Kier molecular flexibility index (Phi) is 6.68. The molecule has 29 heavy (non-hydrogen) atoms. The van der Waals surface area contributed by atoms with Gasteiger partial charge in [-0.05, 0) is 17.7 Å². The van der Waals surface area contributed by atoms with Gasteiger partial charge in [0.2, 0.25) is 5.89 Å². The highest BCUT2D eigenvalue weighted by atomic mass is 16.5. The van der Waals surface area contributed by atoms with Gasteiger partial charge in [0.05, 0.1) is 6.54 Å². The molecule has 0 unspecified atom stereocenters. The summed E-state index contributed by atoms with van der Waals surface area (Å²) >= 11 is 0. The summed E-state index contributed by atoms with van der Waals surface area (Å²) in [7, 11) is 0. The maximum Gasteiger partial charge on any atom is 0.253 e. The van der Waals surface area contributed by atoms with Gasteiger partial charge in [-0.25, -0.2) is 0 Å². The van der Waals surface area contributed by atoms with Crippen molar-refractivity contribution in [1.29, 1.82) is 0 Å². The van der Waals surface area contributed by atoms with Gasteiger partial charge in [0.15, 0.2) is 6.61 Å². The van der Waals surface area contributed by atoms with E-state index in [0.717, 1.165) is 38.5 Å². The zero-order chi connectivity index (χ0) is 19.7. The van der Waals surface area contributed by atoms with Gasteiger partial charge in [0, 0.05) is 32.7 Å². The Labute approximate surface area is 171 Å². The van der Waals surface area contributed by atoms with Gasteiger partial charge in [-0.2, -0.15) is 0 Å². The Balaban J connectivity index is 1.18. The first kappa shape index (κ1) is 19.4. The third kappa shape index (κ3) is 6.01. The summed E-state index contributed by atoms with van der Waals surface area (Å²) in [5.41, 5.74) is 1.24. The molecule has 3 aromatic rings. The predicted octanol–water partition coefficient (Wildman–Crippen LogP) is 3.48. The number of rotatable bonds is 8. The minimum absolute atomic E-state index is 0.290. The third-order valence-corrected chi connectivity index (χ3v) is 4.91. The zero-order valence-electron chi connectivity index (χ0n) is 16.5. The van der Waals surface area contributed by atoms with Crippen LogP contribution in [0.5, 0.6) is 5.75 Å². The molecule has 0 saturated carbocycles. The van der Waals surface area contributed by atoms with E-state index in [1.165, 1.54) is 5.56 Å². The van der Waals surface area contributed by atoms with E-state index in [0.29, 0.717) is 24.9 Å². The minimum atomic E-state index is 0.290. The van der Waals surface area contributed by atoms with E-state index in [9.17, 15) is 0 Å². The second-order valence-electron chi connectivity index (χ2n) is 7.08. The second-order valence-corrected chi connectivity index (χ2v) is 7.08. The Morgan fingerprint density at radius 3 is 2.24 bits per heavy atom. The van der Waals surface area contributed by atoms with E-state index in [1.54, 1.807) is 0 Å². The van der Waals surface area contributed by atoms with Crippen molar-refractivity contribution in [3.05, 3.63) is 84.1 Å². The molecule has 0 radical (unpaired) electrons. The van der Waals surface area contributed by atoms with Crippen LogP contribution in [-0.4, -0.2) is 52.7 Å². The molecule has 6 nitrogen and oxygen atoms in total. The first-order valence-electron chi connectivity index (χ1n) is 10.0. The van der Waals surface area contributed by atoms with Crippen LogP contribution in [0.25, 0.3) is 6.08 Å². The van der Waals surface area contributed by atoms with Crippen LogP contribution in [0.2, 0.25) is 0 Å². The molecule has 2 heterocycles. The Hall–Kier alpha value is -2.96. The van der Waals surface area contributed by atoms with Crippen LogP contribution < -0.4 is 4.74 Å². The van der Waals surface area contributed by atoms with Crippen molar-refractivity contribution >= 4 is 6.08 Å². The van der Waals surface area contributed by atoms with E-state index in [4.69, 9.17) is 9.15 Å². The molecule has 1 fully saturated rings. The molecule has 0 atom stereocenters. The van der Waals surface area contributed by atoms with Gasteiger partial charge in [-0.15, -0.1) is 10.2 Å². The van der Waals surface area contributed by atoms with Crippen LogP contribution in [0.3, 0.4) is 0 Å². The molecule has 0 N–H and O–H groups in total. The molecular weight excluding hydrogens is 364 g/mol. The lowest BCUT2D eigenvalue weighted by molar-refractivity contribution is 0.127. The highest BCUT2D eigenvalue weighted by Crippen LogP contribution is 2.12. The first-order chi connectivity index (χ1) is 14.3. The lowest BCUT2D eigenvalue weighted by atomic mass is 10.2. The smallest absolute Gasteiger partial charge is 0.253 e. The summed E-state index contributed by atoms with van der Waals surface area (Å²) in [6, 6.07) is 20.1. The van der Waals surface area contributed by atoms with Gasteiger partial charge >= 0.3 is 0 Å². The summed E-state index contributed by atoms with van der Waals surface area (Å²) in [4.78, 5) is 4.82. The summed E-state index contributed by atoms with van der Waals surface area (Å²) in [6.45, 7) is 6.03. The standard InChI is InChI=1S/C23H26N4O2/c1-3-8-20(9-4-1)10-7-13-26-14-16-27(17-15-26)18-22-24-25-23(29-22)19-28-21-11-5-2-6-12-21/h1-12H,13-19H2/b10-7+. The third-order valence-electron chi connectivity index (χ3n) is 4.91. The van der Waals surface area contributed by atoms with Gasteiger partial charge in [0.25, 0.3) is 5.89 Å². The number of para-hydroxylation sites is 1. The first-order valence-corrected chi connectivity index (χ1v) is 10.0. The molecule has 150 valence electrons. The summed E-state index contributed by atoms with van der Waals surface area (Å²) < 4.78 is 11.4. The number of hydrogen-bond acceptors (Lipinski definition) is 6. The van der Waals surface area contributed by atoms with Gasteiger partial charge in [-0.1, -0.05) is 60.7 Å². The van der Waals surface area contributed by atoms with E-state index < -0.39 is 0 Å². The largest absolute Gasteiger partial charge is 0.484 e. The number of piperazine rings is 1. The van der Waals surface area contributed by atoms with E-state index in [1.807, 2.05) is 36.4 Å². The van der Waals surface area contributed by atoms with Crippen LogP contribution in [0.4, 0.5) is 0 Å². The molecule has 1 aliphatic rings. The lowest BCUT2D eigenvalue weighted by Gasteiger charge is -2.33. The van der Waals surface area contributed by atoms with Gasteiger partial charge < -0.3 is 9.15 Å². The normalized spacial score (nSPS) is 15.7. The van der Waals surface area contributed by atoms with Crippen molar-refractivity contribution in [3.8, 4) is 5.75 Å². The molecular formula is C23H26N4O2. The predicted molar refractivity (Wildman–Crippen MR) is 112 cm³/mol. The Morgan fingerprint density at radius 1 is 0.828 bits per heavy atom. The second kappa shape index (κ2) is 10.0. The summed E-state index contributed by atoms with van der Waals surface area (Å²) in [6.07, 6.45) is 4.42. The van der Waals surface area contributed by atoms with Crippen LogP contribution >= 0.6 is 0 Å². The number of nitrogens with zero attached hydrogens (tertiary/aromatic N) is 4. The minimum Gasteiger partial charge on any atom is -0.484 e. The lowest BCUT2D eigenvalue weighted by Crippen LogP contribution is -2.45. The fourth-order valence-electron chi connectivity index (χ4n) is 3.30. The number of hydrogen-bond donors (Lipinski definition) is 0. The molecule has 4 rings (SSSR count). The highest BCUT2D eigenvalue weighted by Gasteiger charge is 2.18. The highest BCUT2D eigenvalue weighted by molar-refractivity contribution is 5.48. The van der Waals surface area contributed by atoms with Crippen LogP contribution in [0.1, 0.15) is 17.3 Å². The van der Waals surface area contributed by atoms with Gasteiger partial charge in [-0.3, -0.25) is 9.80 Å². The van der Waals surface area contributed by atoms with Crippen molar-refractivity contribution in [2.24, 2.45) is 0 Å². The Bertz CT molecular complexity index is 888. The van der Waals surface area contributed by atoms with E-state index in [2.05, 4.69) is 56.4 Å². The van der Waals surface area contributed by atoms with E-state index >= 15 is 0 Å². The molecule has 6 heteroatoms. The van der Waals surface area contributed by atoms with Crippen molar-refractivity contribution in [2.75, 3.05) is 32.7 Å². The molecule has 0 aliphatic carbocycles. The summed E-state index contributed by atoms with van der Waals surface area (Å²) in [5.74, 6) is 1.95. The molecule has 1 aromatic heterocycles. The van der Waals surface area contributed by atoms with Crippen molar-refractivity contribution < 1.29 is 9.15 Å². The summed E-state index contributed by atoms with van der Waals surface area (Å²) in [5, 5.41) is 8.25. The maximum atomic E-state index is 5.74. The van der Waals surface area contributed by atoms with Gasteiger partial charge in [0.1, 0.15) is 5.75 Å². The molecule has 1 saturated heterocycles. The topological polar surface area (TPSA) is 54.6 Å². The molecule has 0 bridgehead atoms. The average molecular weight is 390 g/mol. The van der Waals surface area contributed by atoms with Crippen LogP contribution in [0.15, 0.2) is 71.2 Å². The monoisotopic (exact) mass is 390 g/mol. The van der Waals surface area contributed by atoms with Crippen LogP contribution in [0, 0.1) is 0 Å². The molecule has 1 aliphatic heterocycles. The number of aromatic nitrogens is 2. The zero-order valence-corrected chi connectivity index (χ0v) is 16.5. The molecule has 0 spiro atoms. The van der Waals surface area contributed by atoms with Crippen LogP contribution in [-0.2, 0) is 13.2 Å².